The van der Waals surface area contributed by atoms with Crippen molar-refractivity contribution in [3.63, 3.8) is 0 Å². The van der Waals surface area contributed by atoms with E-state index in [1.54, 1.807) is 12.1 Å². The van der Waals surface area contributed by atoms with E-state index in [1.807, 2.05) is 12.1 Å². The van der Waals surface area contributed by atoms with Gasteiger partial charge in [-0.2, -0.15) is 0 Å². The highest BCUT2D eigenvalue weighted by molar-refractivity contribution is 5.73. The molecule has 0 bridgehead atoms. The van der Waals surface area contributed by atoms with Crippen LogP contribution < -0.4 is 10.1 Å². The van der Waals surface area contributed by atoms with Gasteiger partial charge in [0.15, 0.2) is 0 Å². The molecule has 0 aliphatic carbocycles. The van der Waals surface area contributed by atoms with Gasteiger partial charge in [0.1, 0.15) is 30.1 Å². The first-order chi connectivity index (χ1) is 11.6. The molecule has 25 heavy (non-hydrogen) atoms. The highest BCUT2D eigenvalue weighted by atomic mass is 16.7. The lowest BCUT2D eigenvalue weighted by molar-refractivity contribution is -0.244. The number of rotatable bonds is 4. The normalized spacial score (nSPS) is 30.0. The quantitative estimate of drug-likeness (QED) is 0.620. The summed E-state index contributed by atoms with van der Waals surface area (Å²) in [6, 6.07) is 6.46. The molecule has 7 heteroatoms. The van der Waals surface area contributed by atoms with E-state index in [2.05, 4.69) is 26.1 Å². The van der Waals surface area contributed by atoms with E-state index in [0.717, 1.165) is 5.56 Å². The summed E-state index contributed by atoms with van der Waals surface area (Å²) in [6.45, 7) is 7.12. The number of aliphatic hydroxyl groups is 3. The van der Waals surface area contributed by atoms with E-state index in [4.69, 9.17) is 9.47 Å². The van der Waals surface area contributed by atoms with Crippen LogP contribution in [0.5, 0.6) is 5.75 Å². The van der Waals surface area contributed by atoms with E-state index < -0.39 is 37.3 Å². The molecule has 2 rings (SSSR count). The first-order valence-electron chi connectivity index (χ1n) is 8.30. The minimum atomic E-state index is -1.33. The largest absolute Gasteiger partial charge is 0.463 e. The minimum Gasteiger partial charge on any atom is -0.463 e. The number of hydrogen-bond donors (Lipinski definition) is 4. The number of carbonyl (C=O) groups is 1. The predicted octanol–water partition coefficient (Wildman–Crippen LogP) is 0.307. The monoisotopic (exact) mass is 353 g/mol. The maximum atomic E-state index is 11.4. The van der Waals surface area contributed by atoms with Crippen molar-refractivity contribution in [2.45, 2.75) is 63.8 Å². The zero-order valence-electron chi connectivity index (χ0n) is 15.0. The standard InChI is InChI=1S/C18H27NO6/c1-10(21)19-14-16(23)15(22)13(9-20)25-17(14)24-12-7-5-11(6-8-12)18(2,3)4/h5-8,13-17,20,22-23H,9H2,1-4H3,(H,19,21)/t13-,14+,15+,16+,17-/m0/s1. The van der Waals surface area contributed by atoms with Crippen LogP contribution >= 0.6 is 0 Å². The van der Waals surface area contributed by atoms with Gasteiger partial charge in [0.2, 0.25) is 12.2 Å². The van der Waals surface area contributed by atoms with Crippen LogP contribution in [-0.4, -0.2) is 58.5 Å². The number of aliphatic hydroxyl groups excluding tert-OH is 3. The number of hydrogen-bond acceptors (Lipinski definition) is 6. The van der Waals surface area contributed by atoms with Crippen LogP contribution in [0.2, 0.25) is 0 Å². The van der Waals surface area contributed by atoms with Crippen LogP contribution in [0, 0.1) is 0 Å². The molecule has 0 saturated carbocycles. The van der Waals surface area contributed by atoms with Crippen molar-refractivity contribution in [3.05, 3.63) is 29.8 Å². The maximum absolute atomic E-state index is 11.4. The van der Waals surface area contributed by atoms with Gasteiger partial charge in [-0.15, -0.1) is 0 Å². The second-order valence-corrected chi connectivity index (χ2v) is 7.33. The van der Waals surface area contributed by atoms with Crippen LogP contribution in [0.1, 0.15) is 33.3 Å². The van der Waals surface area contributed by atoms with Crippen molar-refractivity contribution in [2.24, 2.45) is 0 Å². The molecule has 5 atom stereocenters. The molecule has 1 aliphatic rings. The van der Waals surface area contributed by atoms with Crippen LogP contribution in [0.4, 0.5) is 0 Å². The van der Waals surface area contributed by atoms with Gasteiger partial charge in [-0.3, -0.25) is 4.79 Å². The molecule has 1 amide bonds. The second kappa shape index (κ2) is 7.70. The molecule has 4 N–H and O–H groups in total. The number of ether oxygens (including phenoxy) is 2. The molecule has 1 aliphatic heterocycles. The maximum Gasteiger partial charge on any atom is 0.223 e. The van der Waals surface area contributed by atoms with Crippen molar-refractivity contribution in [1.29, 1.82) is 0 Å². The Morgan fingerprint density at radius 2 is 1.80 bits per heavy atom. The molecule has 1 aromatic carbocycles. The third kappa shape index (κ3) is 4.70. The summed E-state index contributed by atoms with van der Waals surface area (Å²) in [5.41, 5.74) is 1.13. The molecule has 1 heterocycles. The highest BCUT2D eigenvalue weighted by Crippen LogP contribution is 2.27. The van der Waals surface area contributed by atoms with Gasteiger partial charge >= 0.3 is 0 Å². The fraction of sp³-hybridized carbons (Fsp3) is 0.611. The van der Waals surface area contributed by atoms with Gasteiger partial charge in [0, 0.05) is 6.92 Å². The highest BCUT2D eigenvalue weighted by Gasteiger charge is 2.46. The fourth-order valence-electron chi connectivity index (χ4n) is 2.74. The molecule has 0 unspecified atom stereocenters. The molecule has 1 saturated heterocycles. The Hall–Kier alpha value is -1.67. The molecule has 140 valence electrons. The number of nitrogens with one attached hydrogen (secondary N) is 1. The van der Waals surface area contributed by atoms with Crippen LogP contribution in [-0.2, 0) is 14.9 Å². The Bertz CT molecular complexity index is 582. The SMILES string of the molecule is CC(=O)N[C@H]1[C@@H](Oc2ccc(C(C)(C)C)cc2)O[C@@H](CO)[C@@H](O)[C@@H]1O. The summed E-state index contributed by atoms with van der Waals surface area (Å²) < 4.78 is 11.3. The Morgan fingerprint density at radius 3 is 2.28 bits per heavy atom. The Kier molecular flexibility index (Phi) is 6.05. The fourth-order valence-corrected chi connectivity index (χ4v) is 2.74. The zero-order valence-corrected chi connectivity index (χ0v) is 15.0. The molecular formula is C18H27NO6. The summed E-state index contributed by atoms with van der Waals surface area (Å²) in [5, 5.41) is 32.1. The van der Waals surface area contributed by atoms with Crippen molar-refractivity contribution in [2.75, 3.05) is 6.61 Å². The summed E-state index contributed by atoms with van der Waals surface area (Å²) >= 11 is 0. The summed E-state index contributed by atoms with van der Waals surface area (Å²) in [5.74, 6) is 0.104. The van der Waals surface area contributed by atoms with E-state index in [9.17, 15) is 20.1 Å². The van der Waals surface area contributed by atoms with E-state index in [1.165, 1.54) is 6.92 Å². The molecule has 1 fully saturated rings. The van der Waals surface area contributed by atoms with Gasteiger partial charge in [-0.25, -0.2) is 0 Å². The number of amides is 1. The third-order valence-electron chi connectivity index (χ3n) is 4.22. The summed E-state index contributed by atoms with van der Waals surface area (Å²) in [7, 11) is 0. The van der Waals surface area contributed by atoms with Gasteiger partial charge in [0.25, 0.3) is 0 Å². The topological polar surface area (TPSA) is 108 Å². The Balaban J connectivity index is 2.19. The van der Waals surface area contributed by atoms with Gasteiger partial charge in [0.05, 0.1) is 6.61 Å². The molecule has 7 nitrogen and oxygen atoms in total. The average molecular weight is 353 g/mol. The Morgan fingerprint density at radius 1 is 1.20 bits per heavy atom. The number of benzene rings is 1. The summed E-state index contributed by atoms with van der Waals surface area (Å²) in [6.07, 6.45) is -4.70. The van der Waals surface area contributed by atoms with Crippen molar-refractivity contribution in [3.8, 4) is 5.75 Å². The van der Waals surface area contributed by atoms with Crippen molar-refractivity contribution in [1.82, 2.24) is 5.32 Å². The van der Waals surface area contributed by atoms with Crippen molar-refractivity contribution < 1.29 is 29.6 Å². The van der Waals surface area contributed by atoms with E-state index in [-0.39, 0.29) is 11.3 Å². The van der Waals surface area contributed by atoms with E-state index in [0.29, 0.717) is 5.75 Å². The van der Waals surface area contributed by atoms with Gasteiger partial charge < -0.3 is 30.1 Å². The van der Waals surface area contributed by atoms with Gasteiger partial charge in [-0.05, 0) is 23.1 Å². The minimum absolute atomic E-state index is 0.000870. The first-order valence-corrected chi connectivity index (χ1v) is 8.30. The molecule has 0 aromatic heterocycles. The Labute approximate surface area is 147 Å². The zero-order chi connectivity index (χ0) is 18.8. The van der Waals surface area contributed by atoms with Crippen LogP contribution in [0.15, 0.2) is 24.3 Å². The summed E-state index contributed by atoms with van der Waals surface area (Å²) in [4.78, 5) is 11.4. The predicted molar refractivity (Wildman–Crippen MR) is 91.1 cm³/mol. The molecule has 0 radical (unpaired) electrons. The van der Waals surface area contributed by atoms with Crippen LogP contribution in [0.3, 0.4) is 0 Å². The van der Waals surface area contributed by atoms with Crippen LogP contribution in [0.25, 0.3) is 0 Å². The molecule has 0 spiro atoms. The lowest BCUT2D eigenvalue weighted by Crippen LogP contribution is -2.65. The number of carbonyl (C=O) groups excluding carboxylic acids is 1. The third-order valence-corrected chi connectivity index (χ3v) is 4.22. The smallest absolute Gasteiger partial charge is 0.223 e. The second-order valence-electron chi connectivity index (χ2n) is 7.33. The molecule has 1 aromatic rings. The lowest BCUT2D eigenvalue weighted by Gasteiger charge is -2.42. The van der Waals surface area contributed by atoms with E-state index >= 15 is 0 Å². The molecular weight excluding hydrogens is 326 g/mol. The van der Waals surface area contributed by atoms with Gasteiger partial charge in [-0.1, -0.05) is 32.9 Å². The average Bonchev–Trinajstić information content (AvgIpc) is 2.53. The first kappa shape index (κ1) is 19.7. The van der Waals surface area contributed by atoms with Crippen molar-refractivity contribution >= 4 is 5.91 Å². The lowest BCUT2D eigenvalue weighted by atomic mass is 9.87.